The second-order valence-corrected chi connectivity index (χ2v) is 7.71. The Kier molecular flexibility index (Phi) is 4.78. The third-order valence-corrected chi connectivity index (χ3v) is 5.17. The van der Waals surface area contributed by atoms with Crippen LogP contribution in [0.1, 0.15) is 24.3 Å². The number of carbonyl (C=O) groups is 1. The SMILES string of the molecule is CC(C)(CO)NC(=O)Nc1ccc(N2CCc3sccc3C2)cc1. The molecular formula is C18H23N3O2S. The Morgan fingerprint density at radius 2 is 2.04 bits per heavy atom. The molecule has 24 heavy (non-hydrogen) atoms. The van der Waals surface area contributed by atoms with Crippen molar-refractivity contribution in [3.8, 4) is 0 Å². The molecule has 0 spiro atoms. The zero-order valence-electron chi connectivity index (χ0n) is 14.0. The van der Waals surface area contributed by atoms with Gasteiger partial charge >= 0.3 is 6.03 Å². The summed E-state index contributed by atoms with van der Waals surface area (Å²) in [5.74, 6) is 0. The van der Waals surface area contributed by atoms with Gasteiger partial charge in [0, 0.05) is 29.3 Å². The summed E-state index contributed by atoms with van der Waals surface area (Å²) >= 11 is 1.84. The highest BCUT2D eigenvalue weighted by molar-refractivity contribution is 7.10. The number of anilines is 2. The van der Waals surface area contributed by atoms with Gasteiger partial charge in [-0.05, 0) is 61.5 Å². The number of amides is 2. The van der Waals surface area contributed by atoms with E-state index in [1.807, 2.05) is 35.6 Å². The van der Waals surface area contributed by atoms with Crippen LogP contribution in [-0.2, 0) is 13.0 Å². The van der Waals surface area contributed by atoms with Crippen LogP contribution in [0.5, 0.6) is 0 Å². The molecule has 3 rings (SSSR count). The van der Waals surface area contributed by atoms with Crippen molar-refractivity contribution in [1.29, 1.82) is 0 Å². The fourth-order valence-electron chi connectivity index (χ4n) is 2.73. The molecule has 1 aromatic carbocycles. The van der Waals surface area contributed by atoms with E-state index in [0.29, 0.717) is 0 Å². The minimum atomic E-state index is -0.643. The smallest absolute Gasteiger partial charge is 0.319 e. The zero-order chi connectivity index (χ0) is 17.2. The molecule has 1 aromatic heterocycles. The average Bonchev–Trinajstić information content (AvgIpc) is 3.02. The summed E-state index contributed by atoms with van der Waals surface area (Å²) in [6, 6.07) is 9.76. The maximum Gasteiger partial charge on any atom is 0.319 e. The summed E-state index contributed by atoms with van der Waals surface area (Å²) in [6.07, 6.45) is 1.09. The van der Waals surface area contributed by atoms with Crippen molar-refractivity contribution in [2.45, 2.75) is 32.4 Å². The van der Waals surface area contributed by atoms with E-state index in [9.17, 15) is 9.90 Å². The molecule has 128 valence electrons. The molecule has 0 radical (unpaired) electrons. The fraction of sp³-hybridized carbons (Fsp3) is 0.389. The Hall–Kier alpha value is -2.05. The first-order valence-electron chi connectivity index (χ1n) is 8.07. The first-order chi connectivity index (χ1) is 11.5. The van der Waals surface area contributed by atoms with Gasteiger partial charge in [0.2, 0.25) is 0 Å². The Bertz CT molecular complexity index is 709. The molecular weight excluding hydrogens is 322 g/mol. The van der Waals surface area contributed by atoms with Gasteiger partial charge < -0.3 is 20.6 Å². The first-order valence-corrected chi connectivity index (χ1v) is 8.95. The van der Waals surface area contributed by atoms with Gasteiger partial charge in [0.25, 0.3) is 0 Å². The lowest BCUT2D eigenvalue weighted by atomic mass is 10.1. The van der Waals surface area contributed by atoms with Gasteiger partial charge in [-0.1, -0.05) is 0 Å². The number of benzene rings is 1. The van der Waals surface area contributed by atoms with Crippen molar-refractivity contribution >= 4 is 28.7 Å². The van der Waals surface area contributed by atoms with Crippen LogP contribution < -0.4 is 15.5 Å². The van der Waals surface area contributed by atoms with Gasteiger partial charge in [-0.25, -0.2) is 4.79 Å². The Morgan fingerprint density at radius 3 is 2.75 bits per heavy atom. The van der Waals surface area contributed by atoms with Gasteiger partial charge in [-0.3, -0.25) is 0 Å². The van der Waals surface area contributed by atoms with Gasteiger partial charge in [-0.2, -0.15) is 0 Å². The second-order valence-electron chi connectivity index (χ2n) is 6.71. The fourth-order valence-corrected chi connectivity index (χ4v) is 3.62. The van der Waals surface area contributed by atoms with E-state index in [4.69, 9.17) is 0 Å². The van der Waals surface area contributed by atoms with Gasteiger partial charge in [0.05, 0.1) is 12.1 Å². The number of carbonyl (C=O) groups excluding carboxylic acids is 1. The maximum atomic E-state index is 11.9. The summed E-state index contributed by atoms with van der Waals surface area (Å²) in [4.78, 5) is 15.8. The number of aliphatic hydroxyl groups is 1. The van der Waals surface area contributed by atoms with Crippen LogP contribution in [0.3, 0.4) is 0 Å². The summed E-state index contributed by atoms with van der Waals surface area (Å²) in [5.41, 5.74) is 2.67. The van der Waals surface area contributed by atoms with Crippen LogP contribution in [0.4, 0.5) is 16.2 Å². The van der Waals surface area contributed by atoms with Crippen LogP contribution in [-0.4, -0.2) is 29.8 Å². The van der Waals surface area contributed by atoms with E-state index in [1.54, 1.807) is 13.8 Å². The first kappa shape index (κ1) is 16.8. The van der Waals surface area contributed by atoms with Crippen molar-refractivity contribution in [2.75, 3.05) is 23.4 Å². The number of nitrogens with one attached hydrogen (secondary N) is 2. The number of fused-ring (bicyclic) bond motifs is 1. The predicted molar refractivity (Wildman–Crippen MR) is 98.8 cm³/mol. The molecule has 1 aliphatic heterocycles. The van der Waals surface area contributed by atoms with Crippen molar-refractivity contribution < 1.29 is 9.90 Å². The topological polar surface area (TPSA) is 64.6 Å². The number of aliphatic hydroxyl groups excluding tert-OH is 1. The molecule has 1 aliphatic rings. The molecule has 0 unspecified atom stereocenters. The average molecular weight is 345 g/mol. The summed E-state index contributed by atoms with van der Waals surface area (Å²) in [7, 11) is 0. The standard InChI is InChI=1S/C18H23N3O2S/c1-18(2,12-22)20-17(23)19-14-3-5-15(6-4-14)21-9-7-16-13(11-21)8-10-24-16/h3-6,8,10,22H,7,9,11-12H2,1-2H3,(H2,19,20,23). The van der Waals surface area contributed by atoms with E-state index < -0.39 is 5.54 Å². The van der Waals surface area contributed by atoms with E-state index in [0.717, 1.165) is 30.9 Å². The molecule has 0 fully saturated rings. The van der Waals surface area contributed by atoms with Crippen LogP contribution in [0.15, 0.2) is 35.7 Å². The zero-order valence-corrected chi connectivity index (χ0v) is 14.8. The Morgan fingerprint density at radius 1 is 1.29 bits per heavy atom. The van der Waals surface area contributed by atoms with Gasteiger partial charge in [-0.15, -0.1) is 11.3 Å². The molecule has 0 aliphatic carbocycles. The Balaban J connectivity index is 1.61. The Labute approximate surface area is 146 Å². The molecule has 0 atom stereocenters. The lowest BCUT2D eigenvalue weighted by Gasteiger charge is -2.29. The minimum Gasteiger partial charge on any atom is -0.394 e. The van der Waals surface area contributed by atoms with E-state index >= 15 is 0 Å². The molecule has 0 saturated carbocycles. The molecule has 0 bridgehead atoms. The van der Waals surface area contributed by atoms with Gasteiger partial charge in [0.1, 0.15) is 0 Å². The van der Waals surface area contributed by atoms with Crippen LogP contribution in [0.2, 0.25) is 0 Å². The summed E-state index contributed by atoms with van der Waals surface area (Å²) < 4.78 is 0. The van der Waals surface area contributed by atoms with Crippen molar-refractivity contribution in [1.82, 2.24) is 5.32 Å². The third kappa shape index (κ3) is 3.88. The largest absolute Gasteiger partial charge is 0.394 e. The highest BCUT2D eigenvalue weighted by Crippen LogP contribution is 2.28. The van der Waals surface area contributed by atoms with Gasteiger partial charge in [0.15, 0.2) is 0 Å². The lowest BCUT2D eigenvalue weighted by molar-refractivity contribution is 0.187. The monoisotopic (exact) mass is 345 g/mol. The van der Waals surface area contributed by atoms with Crippen LogP contribution in [0.25, 0.3) is 0 Å². The third-order valence-electron chi connectivity index (χ3n) is 4.15. The number of urea groups is 1. The number of thiophene rings is 1. The molecule has 0 saturated heterocycles. The quantitative estimate of drug-likeness (QED) is 0.797. The molecule has 5 nitrogen and oxygen atoms in total. The van der Waals surface area contributed by atoms with Crippen molar-refractivity contribution in [3.05, 3.63) is 46.2 Å². The molecule has 3 N–H and O–H groups in total. The number of hydrogen-bond acceptors (Lipinski definition) is 4. The van der Waals surface area contributed by atoms with Crippen molar-refractivity contribution in [3.63, 3.8) is 0 Å². The summed E-state index contributed by atoms with van der Waals surface area (Å²) in [5, 5.41) is 16.9. The summed E-state index contributed by atoms with van der Waals surface area (Å²) in [6.45, 7) is 5.39. The lowest BCUT2D eigenvalue weighted by Crippen LogP contribution is -2.48. The molecule has 6 heteroatoms. The number of hydrogen-bond donors (Lipinski definition) is 3. The molecule has 2 aromatic rings. The van der Waals surface area contributed by atoms with E-state index in [2.05, 4.69) is 27.0 Å². The highest BCUT2D eigenvalue weighted by Gasteiger charge is 2.19. The molecule has 2 amide bonds. The maximum absolute atomic E-state index is 11.9. The van der Waals surface area contributed by atoms with Crippen molar-refractivity contribution in [2.24, 2.45) is 0 Å². The number of rotatable bonds is 4. The highest BCUT2D eigenvalue weighted by atomic mass is 32.1. The van der Waals surface area contributed by atoms with E-state index in [1.165, 1.54) is 10.4 Å². The van der Waals surface area contributed by atoms with E-state index in [-0.39, 0.29) is 12.6 Å². The van der Waals surface area contributed by atoms with Crippen LogP contribution in [0, 0.1) is 0 Å². The predicted octanol–water partition coefficient (Wildman–Crippen LogP) is 3.20. The second kappa shape index (κ2) is 6.83. The van der Waals surface area contributed by atoms with Crippen LogP contribution >= 0.6 is 11.3 Å². The number of nitrogens with zero attached hydrogens (tertiary/aromatic N) is 1. The minimum absolute atomic E-state index is 0.112. The normalized spacial score (nSPS) is 14.2. The molecule has 2 heterocycles.